The van der Waals surface area contributed by atoms with Crippen LogP contribution >= 0.6 is 0 Å². The van der Waals surface area contributed by atoms with Crippen LogP contribution in [0.15, 0.2) is 18.2 Å². The summed E-state index contributed by atoms with van der Waals surface area (Å²) in [6.07, 6.45) is 8.18. The van der Waals surface area contributed by atoms with Gasteiger partial charge in [0.1, 0.15) is 5.75 Å². The van der Waals surface area contributed by atoms with Crippen molar-refractivity contribution in [1.29, 1.82) is 0 Å². The zero-order valence-corrected chi connectivity index (χ0v) is 11.2. The van der Waals surface area contributed by atoms with Crippen molar-refractivity contribution >= 4 is 0 Å². The van der Waals surface area contributed by atoms with Crippen LogP contribution in [0.2, 0.25) is 0 Å². The van der Waals surface area contributed by atoms with Crippen molar-refractivity contribution in [3.8, 4) is 5.75 Å². The number of methoxy groups -OCH3 is 1. The summed E-state index contributed by atoms with van der Waals surface area (Å²) in [5.74, 6) is 1.81. The lowest BCUT2D eigenvalue weighted by Gasteiger charge is -2.13. The highest BCUT2D eigenvalue weighted by Gasteiger charge is 2.24. The molecule has 2 fully saturated rings. The molecule has 1 aromatic rings. The molecular formula is C16H23NO. The Kier molecular flexibility index (Phi) is 3.55. The van der Waals surface area contributed by atoms with Gasteiger partial charge in [0.05, 0.1) is 7.11 Å². The molecule has 2 aliphatic rings. The summed E-state index contributed by atoms with van der Waals surface area (Å²) >= 11 is 0. The molecule has 18 heavy (non-hydrogen) atoms. The van der Waals surface area contributed by atoms with Crippen molar-refractivity contribution in [2.45, 2.75) is 57.0 Å². The fraction of sp³-hybridized carbons (Fsp3) is 0.625. The summed E-state index contributed by atoms with van der Waals surface area (Å²) in [5.41, 5.74) is 2.85. The number of ether oxygens (including phenoxy) is 1. The lowest BCUT2D eigenvalue weighted by molar-refractivity contribution is 0.413. The quantitative estimate of drug-likeness (QED) is 0.855. The summed E-state index contributed by atoms with van der Waals surface area (Å²) in [6, 6.07) is 7.48. The first-order chi connectivity index (χ1) is 8.85. The highest BCUT2D eigenvalue weighted by molar-refractivity contribution is 5.38. The van der Waals surface area contributed by atoms with Gasteiger partial charge in [-0.3, -0.25) is 0 Å². The van der Waals surface area contributed by atoms with E-state index in [0.29, 0.717) is 0 Å². The predicted molar refractivity (Wildman–Crippen MR) is 74.1 cm³/mol. The molecule has 0 aliphatic heterocycles. The number of hydrogen-bond acceptors (Lipinski definition) is 2. The van der Waals surface area contributed by atoms with Crippen LogP contribution < -0.4 is 10.1 Å². The largest absolute Gasteiger partial charge is 0.497 e. The van der Waals surface area contributed by atoms with Gasteiger partial charge in [-0.2, -0.15) is 0 Å². The van der Waals surface area contributed by atoms with Gasteiger partial charge in [0.15, 0.2) is 0 Å². The molecule has 0 spiro atoms. The normalized spacial score (nSPS) is 20.3. The molecule has 3 rings (SSSR count). The Morgan fingerprint density at radius 2 is 1.89 bits per heavy atom. The Hall–Kier alpha value is -1.02. The van der Waals surface area contributed by atoms with Crippen molar-refractivity contribution < 1.29 is 4.74 Å². The van der Waals surface area contributed by atoms with Crippen LogP contribution in [0.5, 0.6) is 5.75 Å². The van der Waals surface area contributed by atoms with Gasteiger partial charge in [0, 0.05) is 12.6 Å². The molecular weight excluding hydrogens is 222 g/mol. The summed E-state index contributed by atoms with van der Waals surface area (Å²) < 4.78 is 5.42. The molecule has 0 heterocycles. The van der Waals surface area contributed by atoms with E-state index in [0.717, 1.165) is 24.3 Å². The van der Waals surface area contributed by atoms with Gasteiger partial charge < -0.3 is 10.1 Å². The second-order valence-electron chi connectivity index (χ2n) is 5.75. The Labute approximate surface area is 110 Å². The average Bonchev–Trinajstić information content (AvgIpc) is 3.13. The molecule has 1 N–H and O–H groups in total. The zero-order valence-electron chi connectivity index (χ0n) is 11.2. The average molecular weight is 245 g/mol. The maximum atomic E-state index is 5.42. The van der Waals surface area contributed by atoms with Crippen LogP contribution in [0.1, 0.15) is 55.6 Å². The predicted octanol–water partition coefficient (Wildman–Crippen LogP) is 3.60. The standard InChI is InChI=1S/C16H23NO/c1-18-16-9-12(8-14(10-16)13-6-7-13)11-17-15-4-2-3-5-15/h8-10,13,15,17H,2-7,11H2,1H3. The molecule has 2 aliphatic carbocycles. The SMILES string of the molecule is COc1cc(CNC2CCCC2)cc(C2CC2)c1. The highest BCUT2D eigenvalue weighted by atomic mass is 16.5. The van der Waals surface area contributed by atoms with Gasteiger partial charge in [-0.25, -0.2) is 0 Å². The summed E-state index contributed by atoms with van der Waals surface area (Å²) in [6.45, 7) is 0.988. The molecule has 0 bridgehead atoms. The second kappa shape index (κ2) is 5.31. The monoisotopic (exact) mass is 245 g/mol. The van der Waals surface area contributed by atoms with E-state index in [9.17, 15) is 0 Å². The van der Waals surface area contributed by atoms with E-state index in [2.05, 4.69) is 23.5 Å². The molecule has 98 valence electrons. The smallest absolute Gasteiger partial charge is 0.119 e. The third-order valence-corrected chi connectivity index (χ3v) is 4.22. The van der Waals surface area contributed by atoms with Gasteiger partial charge >= 0.3 is 0 Å². The molecule has 0 radical (unpaired) electrons. The molecule has 0 unspecified atom stereocenters. The third-order valence-electron chi connectivity index (χ3n) is 4.22. The first-order valence-corrected chi connectivity index (χ1v) is 7.26. The van der Waals surface area contributed by atoms with E-state index < -0.39 is 0 Å². The lowest BCUT2D eigenvalue weighted by atomic mass is 10.1. The minimum Gasteiger partial charge on any atom is -0.497 e. The van der Waals surface area contributed by atoms with Crippen molar-refractivity contribution in [3.05, 3.63) is 29.3 Å². The van der Waals surface area contributed by atoms with Crippen molar-refractivity contribution in [1.82, 2.24) is 5.32 Å². The maximum absolute atomic E-state index is 5.42. The number of hydrogen-bond donors (Lipinski definition) is 1. The zero-order chi connectivity index (χ0) is 12.4. The summed E-state index contributed by atoms with van der Waals surface area (Å²) in [5, 5.41) is 3.68. The van der Waals surface area contributed by atoms with Gasteiger partial charge in [0.25, 0.3) is 0 Å². The van der Waals surface area contributed by atoms with Gasteiger partial charge in [-0.05, 0) is 54.9 Å². The van der Waals surface area contributed by atoms with Crippen molar-refractivity contribution in [2.75, 3.05) is 7.11 Å². The Bertz CT molecular complexity index is 406. The topological polar surface area (TPSA) is 21.3 Å². The number of benzene rings is 1. The molecule has 0 amide bonds. The van der Waals surface area contributed by atoms with E-state index in [-0.39, 0.29) is 0 Å². The molecule has 0 aromatic heterocycles. The summed E-state index contributed by atoms with van der Waals surface area (Å²) in [7, 11) is 1.76. The van der Waals surface area contributed by atoms with E-state index in [4.69, 9.17) is 4.74 Å². The van der Waals surface area contributed by atoms with Crippen LogP contribution in [0, 0.1) is 0 Å². The maximum Gasteiger partial charge on any atom is 0.119 e. The van der Waals surface area contributed by atoms with Gasteiger partial charge in [-0.1, -0.05) is 18.9 Å². The lowest BCUT2D eigenvalue weighted by Crippen LogP contribution is -2.25. The van der Waals surface area contributed by atoms with Crippen LogP contribution in [0.25, 0.3) is 0 Å². The molecule has 1 aromatic carbocycles. The molecule has 2 nitrogen and oxygen atoms in total. The van der Waals surface area contributed by atoms with E-state index in [1.807, 2.05) is 0 Å². The van der Waals surface area contributed by atoms with Crippen molar-refractivity contribution in [3.63, 3.8) is 0 Å². The Morgan fingerprint density at radius 1 is 1.11 bits per heavy atom. The minimum atomic E-state index is 0.737. The number of rotatable bonds is 5. The van der Waals surface area contributed by atoms with Gasteiger partial charge in [-0.15, -0.1) is 0 Å². The molecule has 2 heteroatoms. The van der Waals surface area contributed by atoms with Crippen LogP contribution in [0.4, 0.5) is 0 Å². The van der Waals surface area contributed by atoms with Crippen LogP contribution in [0.3, 0.4) is 0 Å². The fourth-order valence-electron chi connectivity index (χ4n) is 2.95. The minimum absolute atomic E-state index is 0.737. The molecule has 0 saturated heterocycles. The van der Waals surface area contributed by atoms with Crippen LogP contribution in [-0.2, 0) is 6.54 Å². The van der Waals surface area contributed by atoms with E-state index in [1.165, 1.54) is 49.7 Å². The third kappa shape index (κ3) is 2.86. The Balaban J connectivity index is 1.67. The van der Waals surface area contributed by atoms with Gasteiger partial charge in [0.2, 0.25) is 0 Å². The molecule has 2 saturated carbocycles. The summed E-state index contributed by atoms with van der Waals surface area (Å²) in [4.78, 5) is 0. The Morgan fingerprint density at radius 3 is 2.56 bits per heavy atom. The molecule has 0 atom stereocenters. The fourth-order valence-corrected chi connectivity index (χ4v) is 2.95. The first-order valence-electron chi connectivity index (χ1n) is 7.26. The van der Waals surface area contributed by atoms with Crippen LogP contribution in [-0.4, -0.2) is 13.2 Å². The second-order valence-corrected chi connectivity index (χ2v) is 5.75. The van der Waals surface area contributed by atoms with E-state index >= 15 is 0 Å². The van der Waals surface area contributed by atoms with Crippen molar-refractivity contribution in [2.24, 2.45) is 0 Å². The number of nitrogens with one attached hydrogen (secondary N) is 1. The van der Waals surface area contributed by atoms with E-state index in [1.54, 1.807) is 7.11 Å². The highest BCUT2D eigenvalue weighted by Crippen LogP contribution is 2.41. The first kappa shape index (κ1) is 12.0.